The summed E-state index contributed by atoms with van der Waals surface area (Å²) in [5, 5.41) is 8.84. The first-order valence-electron chi connectivity index (χ1n) is 8.66. The Labute approximate surface area is 152 Å². The Bertz CT molecular complexity index is 819. The minimum Gasteiger partial charge on any atom is -0.459 e. The van der Waals surface area contributed by atoms with E-state index in [4.69, 9.17) is 4.42 Å². The molecule has 0 aliphatic heterocycles. The average Bonchev–Trinajstić information content (AvgIpc) is 3.26. The van der Waals surface area contributed by atoms with Crippen molar-refractivity contribution in [2.24, 2.45) is 4.99 Å². The summed E-state index contributed by atoms with van der Waals surface area (Å²) in [4.78, 5) is 10.4. The molecule has 1 aromatic carbocycles. The molecule has 6 heteroatoms. The van der Waals surface area contributed by atoms with Crippen molar-refractivity contribution in [1.29, 1.82) is 0 Å². The fourth-order valence-electron chi connectivity index (χ4n) is 2.54. The van der Waals surface area contributed by atoms with Gasteiger partial charge in [0.2, 0.25) is 0 Å². The van der Waals surface area contributed by atoms with Gasteiger partial charge in [0.25, 0.3) is 0 Å². The predicted octanol–water partition coefficient (Wildman–Crippen LogP) is 4.27. The minimum atomic E-state index is 0.0210. The van der Waals surface area contributed by atoms with Crippen LogP contribution in [0.2, 0.25) is 0 Å². The number of aliphatic imine (C=N–C) groups is 1. The first-order valence-corrected chi connectivity index (χ1v) is 9.48. The number of aromatic nitrogens is 1. The van der Waals surface area contributed by atoms with Crippen LogP contribution in [0.1, 0.15) is 42.5 Å². The van der Waals surface area contributed by atoms with Crippen LogP contribution >= 0.6 is 11.3 Å². The Hall–Kier alpha value is -2.34. The molecule has 0 aliphatic rings. The van der Waals surface area contributed by atoms with Crippen LogP contribution in [0.25, 0.3) is 11.0 Å². The van der Waals surface area contributed by atoms with E-state index < -0.39 is 0 Å². The maximum absolute atomic E-state index is 5.93. The number of rotatable bonds is 6. The van der Waals surface area contributed by atoms with Crippen LogP contribution in [0, 0.1) is 0 Å². The average molecular weight is 356 g/mol. The first kappa shape index (κ1) is 17.5. The highest BCUT2D eigenvalue weighted by Gasteiger charge is 2.13. The number of nitrogens with zero attached hydrogens (tertiary/aromatic N) is 2. The summed E-state index contributed by atoms with van der Waals surface area (Å²) in [5.41, 5.74) is 0.906. The van der Waals surface area contributed by atoms with Crippen molar-refractivity contribution in [3.63, 3.8) is 0 Å². The van der Waals surface area contributed by atoms with Gasteiger partial charge in [0.05, 0.1) is 12.6 Å². The normalized spacial score (nSPS) is 13.2. The third-order valence-corrected chi connectivity index (χ3v) is 5.02. The van der Waals surface area contributed by atoms with E-state index in [1.165, 1.54) is 4.88 Å². The second-order valence-electron chi connectivity index (χ2n) is 5.82. The van der Waals surface area contributed by atoms with Crippen molar-refractivity contribution in [1.82, 2.24) is 15.6 Å². The maximum Gasteiger partial charge on any atom is 0.192 e. The predicted molar refractivity (Wildman–Crippen MR) is 104 cm³/mol. The number of thiazole rings is 1. The summed E-state index contributed by atoms with van der Waals surface area (Å²) in [6.07, 6.45) is 2.95. The van der Waals surface area contributed by atoms with Gasteiger partial charge in [0, 0.05) is 23.0 Å². The summed E-state index contributed by atoms with van der Waals surface area (Å²) in [6.45, 7) is 7.65. The molecule has 3 aromatic rings. The molecule has 3 rings (SSSR count). The van der Waals surface area contributed by atoms with Gasteiger partial charge in [-0.05, 0) is 32.4 Å². The molecule has 132 valence electrons. The van der Waals surface area contributed by atoms with Gasteiger partial charge in [-0.1, -0.05) is 25.1 Å². The van der Waals surface area contributed by atoms with Crippen molar-refractivity contribution >= 4 is 28.3 Å². The van der Waals surface area contributed by atoms with Crippen molar-refractivity contribution < 1.29 is 4.42 Å². The largest absolute Gasteiger partial charge is 0.459 e. The second kappa shape index (κ2) is 8.16. The fourth-order valence-corrected chi connectivity index (χ4v) is 3.33. The van der Waals surface area contributed by atoms with E-state index >= 15 is 0 Å². The molecule has 0 amide bonds. The lowest BCUT2D eigenvalue weighted by atomic mass is 10.2. The number of guanidine groups is 1. The molecule has 0 aliphatic carbocycles. The molecule has 1 unspecified atom stereocenters. The molecule has 0 spiro atoms. The molecule has 0 saturated carbocycles. The van der Waals surface area contributed by atoms with Gasteiger partial charge in [0.15, 0.2) is 5.96 Å². The smallest absolute Gasteiger partial charge is 0.192 e. The Morgan fingerprint density at radius 2 is 2.16 bits per heavy atom. The standard InChI is InChI=1S/C19H24N4OS/c1-4-15-11-21-18(25-15)12-22-19(20-5-2)23-13(3)17-10-14-8-6-7-9-16(14)24-17/h6-11,13H,4-5,12H2,1-3H3,(H2,20,22,23). The zero-order valence-electron chi connectivity index (χ0n) is 14.9. The lowest BCUT2D eigenvalue weighted by Gasteiger charge is -2.15. The van der Waals surface area contributed by atoms with Gasteiger partial charge >= 0.3 is 0 Å². The molecule has 2 aromatic heterocycles. The summed E-state index contributed by atoms with van der Waals surface area (Å²) in [7, 11) is 0. The van der Waals surface area contributed by atoms with E-state index in [1.807, 2.05) is 24.4 Å². The van der Waals surface area contributed by atoms with Gasteiger partial charge in [-0.3, -0.25) is 0 Å². The van der Waals surface area contributed by atoms with Crippen molar-refractivity contribution in [3.8, 4) is 0 Å². The van der Waals surface area contributed by atoms with Gasteiger partial charge < -0.3 is 15.1 Å². The molecule has 25 heavy (non-hydrogen) atoms. The molecule has 2 N–H and O–H groups in total. The Morgan fingerprint density at radius 1 is 1.32 bits per heavy atom. The first-order chi connectivity index (χ1) is 12.2. The van der Waals surface area contributed by atoms with Crippen LogP contribution in [-0.4, -0.2) is 17.5 Å². The molecule has 1 atom stereocenters. The van der Waals surface area contributed by atoms with Gasteiger partial charge in [-0.25, -0.2) is 9.98 Å². The van der Waals surface area contributed by atoms with E-state index in [-0.39, 0.29) is 6.04 Å². The summed E-state index contributed by atoms with van der Waals surface area (Å²) < 4.78 is 5.93. The maximum atomic E-state index is 5.93. The number of nitrogens with one attached hydrogen (secondary N) is 2. The third-order valence-electron chi connectivity index (χ3n) is 3.89. The number of para-hydroxylation sites is 1. The van der Waals surface area contributed by atoms with Gasteiger partial charge in [0.1, 0.15) is 16.4 Å². The Morgan fingerprint density at radius 3 is 2.88 bits per heavy atom. The van der Waals surface area contributed by atoms with Crippen molar-refractivity contribution in [2.75, 3.05) is 6.54 Å². The van der Waals surface area contributed by atoms with E-state index in [0.717, 1.165) is 40.7 Å². The number of benzene rings is 1. The van der Waals surface area contributed by atoms with E-state index in [9.17, 15) is 0 Å². The minimum absolute atomic E-state index is 0.0210. The lowest BCUT2D eigenvalue weighted by Crippen LogP contribution is -2.38. The topological polar surface area (TPSA) is 62.5 Å². The van der Waals surface area contributed by atoms with Crippen LogP contribution in [0.5, 0.6) is 0 Å². The molecular formula is C19H24N4OS. The number of fused-ring (bicyclic) bond motifs is 1. The SMILES string of the molecule is CCNC(=NCc1ncc(CC)s1)NC(C)c1cc2ccccc2o1. The van der Waals surface area contributed by atoms with E-state index in [0.29, 0.717) is 6.54 Å². The Balaban J connectivity index is 1.70. The molecule has 0 bridgehead atoms. The van der Waals surface area contributed by atoms with E-state index in [2.05, 4.69) is 53.5 Å². The molecule has 0 saturated heterocycles. The molecule has 2 heterocycles. The highest BCUT2D eigenvalue weighted by molar-refractivity contribution is 7.11. The molecule has 0 fully saturated rings. The van der Waals surface area contributed by atoms with Crippen molar-refractivity contribution in [2.45, 2.75) is 39.8 Å². The zero-order valence-corrected chi connectivity index (χ0v) is 15.7. The van der Waals surface area contributed by atoms with E-state index in [1.54, 1.807) is 11.3 Å². The number of hydrogen-bond acceptors (Lipinski definition) is 4. The highest BCUT2D eigenvalue weighted by atomic mass is 32.1. The number of hydrogen-bond donors (Lipinski definition) is 2. The summed E-state index contributed by atoms with van der Waals surface area (Å²) in [5.74, 6) is 1.66. The zero-order chi connectivity index (χ0) is 17.6. The fraction of sp³-hybridized carbons (Fsp3) is 0.368. The Kier molecular flexibility index (Phi) is 5.71. The van der Waals surface area contributed by atoms with Gasteiger partial charge in [-0.2, -0.15) is 0 Å². The third kappa shape index (κ3) is 4.39. The van der Waals surface area contributed by atoms with Crippen LogP contribution in [0.15, 0.2) is 45.9 Å². The molecule has 5 nitrogen and oxygen atoms in total. The van der Waals surface area contributed by atoms with Crippen LogP contribution in [0.3, 0.4) is 0 Å². The van der Waals surface area contributed by atoms with Crippen LogP contribution < -0.4 is 10.6 Å². The highest BCUT2D eigenvalue weighted by Crippen LogP contribution is 2.23. The van der Waals surface area contributed by atoms with Crippen LogP contribution in [0.4, 0.5) is 0 Å². The number of aryl methyl sites for hydroxylation is 1. The summed E-state index contributed by atoms with van der Waals surface area (Å²) in [6, 6.07) is 10.1. The molecule has 0 radical (unpaired) electrons. The quantitative estimate of drug-likeness (QED) is 0.511. The summed E-state index contributed by atoms with van der Waals surface area (Å²) >= 11 is 1.72. The number of furan rings is 1. The molecular weight excluding hydrogens is 332 g/mol. The monoisotopic (exact) mass is 356 g/mol. The van der Waals surface area contributed by atoms with Crippen molar-refractivity contribution in [3.05, 3.63) is 52.2 Å². The van der Waals surface area contributed by atoms with Gasteiger partial charge in [-0.15, -0.1) is 11.3 Å². The van der Waals surface area contributed by atoms with Crippen LogP contribution in [-0.2, 0) is 13.0 Å². The lowest BCUT2D eigenvalue weighted by molar-refractivity contribution is 0.488. The second-order valence-corrected chi connectivity index (χ2v) is 7.02.